The second kappa shape index (κ2) is 6.06. The molecule has 1 aliphatic heterocycles. The van der Waals surface area contributed by atoms with Crippen LogP contribution in [-0.2, 0) is 9.53 Å². The van der Waals surface area contributed by atoms with Gasteiger partial charge in [0.25, 0.3) is 0 Å². The maximum absolute atomic E-state index is 12.1. The van der Waals surface area contributed by atoms with Crippen molar-refractivity contribution in [2.45, 2.75) is 20.8 Å². The molecule has 1 aromatic rings. The highest BCUT2D eigenvalue weighted by atomic mass is 16.5. The van der Waals surface area contributed by atoms with Gasteiger partial charge < -0.3 is 15.0 Å². The summed E-state index contributed by atoms with van der Waals surface area (Å²) in [4.78, 5) is 13.9. The molecule has 0 radical (unpaired) electrons. The first-order valence-corrected chi connectivity index (χ1v) is 6.75. The van der Waals surface area contributed by atoms with Gasteiger partial charge in [-0.3, -0.25) is 4.79 Å². The summed E-state index contributed by atoms with van der Waals surface area (Å²) in [6.45, 7) is 9.28. The molecule has 0 spiro atoms. The van der Waals surface area contributed by atoms with E-state index in [-0.39, 0.29) is 5.91 Å². The molecular formula is C15H22N2O2. The minimum atomic E-state index is 0.141. The van der Waals surface area contributed by atoms with Crippen LogP contribution >= 0.6 is 0 Å². The second-order valence-electron chi connectivity index (χ2n) is 5.12. The summed E-state index contributed by atoms with van der Waals surface area (Å²) in [5.41, 5.74) is 4.70. The molecule has 1 heterocycles. The van der Waals surface area contributed by atoms with Gasteiger partial charge in [-0.25, -0.2) is 0 Å². The van der Waals surface area contributed by atoms with Gasteiger partial charge in [0, 0.05) is 18.8 Å². The zero-order chi connectivity index (χ0) is 13.8. The lowest BCUT2D eigenvalue weighted by Crippen LogP contribution is -2.43. The van der Waals surface area contributed by atoms with Crippen LogP contribution in [0.5, 0.6) is 0 Å². The minimum Gasteiger partial charge on any atom is -0.378 e. The minimum absolute atomic E-state index is 0.141. The molecule has 0 bridgehead atoms. The van der Waals surface area contributed by atoms with Crippen LogP contribution in [0.1, 0.15) is 16.7 Å². The zero-order valence-electron chi connectivity index (χ0n) is 12.0. The number of hydrogen-bond donors (Lipinski definition) is 1. The molecule has 1 amide bonds. The lowest BCUT2D eigenvalue weighted by molar-refractivity contribution is -0.133. The lowest BCUT2D eigenvalue weighted by atomic mass is 10.1. The highest BCUT2D eigenvalue weighted by molar-refractivity contribution is 5.81. The molecule has 0 atom stereocenters. The fraction of sp³-hybridized carbons (Fsp3) is 0.533. The summed E-state index contributed by atoms with van der Waals surface area (Å²) < 4.78 is 5.25. The summed E-state index contributed by atoms with van der Waals surface area (Å²) in [7, 11) is 0. The number of nitrogens with zero attached hydrogens (tertiary/aromatic N) is 1. The number of morpholine rings is 1. The molecule has 1 N–H and O–H groups in total. The third kappa shape index (κ3) is 3.47. The molecule has 4 nitrogen and oxygen atoms in total. The predicted octanol–water partition coefficient (Wildman–Crippen LogP) is 1.88. The Morgan fingerprint density at radius 1 is 1.21 bits per heavy atom. The Morgan fingerprint density at radius 3 is 2.37 bits per heavy atom. The highest BCUT2D eigenvalue weighted by Gasteiger charge is 2.16. The summed E-state index contributed by atoms with van der Waals surface area (Å²) in [5, 5.41) is 3.27. The third-order valence-electron chi connectivity index (χ3n) is 3.46. The Hall–Kier alpha value is -1.55. The van der Waals surface area contributed by atoms with Gasteiger partial charge in [0.15, 0.2) is 0 Å². The van der Waals surface area contributed by atoms with E-state index < -0.39 is 0 Å². The van der Waals surface area contributed by atoms with Gasteiger partial charge in [0.05, 0.1) is 19.8 Å². The van der Waals surface area contributed by atoms with E-state index in [2.05, 4.69) is 38.2 Å². The first-order valence-electron chi connectivity index (χ1n) is 6.75. The molecule has 0 aromatic heterocycles. The molecule has 19 heavy (non-hydrogen) atoms. The number of amides is 1. The number of aryl methyl sites for hydroxylation is 3. The smallest absolute Gasteiger partial charge is 0.242 e. The maximum atomic E-state index is 12.1. The van der Waals surface area contributed by atoms with Gasteiger partial charge in [-0.1, -0.05) is 17.7 Å². The molecule has 0 unspecified atom stereocenters. The van der Waals surface area contributed by atoms with E-state index in [4.69, 9.17) is 4.74 Å². The fourth-order valence-corrected chi connectivity index (χ4v) is 2.55. The quantitative estimate of drug-likeness (QED) is 0.904. The summed E-state index contributed by atoms with van der Waals surface area (Å²) >= 11 is 0. The molecule has 1 aliphatic rings. The van der Waals surface area contributed by atoms with Crippen molar-refractivity contribution in [2.24, 2.45) is 0 Å². The molecular weight excluding hydrogens is 240 g/mol. The normalized spacial score (nSPS) is 15.4. The Morgan fingerprint density at radius 2 is 1.79 bits per heavy atom. The molecule has 0 saturated carbocycles. The number of nitrogens with one attached hydrogen (secondary N) is 1. The molecule has 1 fully saturated rings. The van der Waals surface area contributed by atoms with Crippen molar-refractivity contribution in [1.82, 2.24) is 4.90 Å². The number of rotatable bonds is 3. The molecule has 4 heteroatoms. The molecule has 1 saturated heterocycles. The first-order chi connectivity index (χ1) is 9.08. The van der Waals surface area contributed by atoms with Crippen LogP contribution in [0.2, 0.25) is 0 Å². The summed E-state index contributed by atoms with van der Waals surface area (Å²) in [6, 6.07) is 4.27. The van der Waals surface area contributed by atoms with E-state index in [1.54, 1.807) is 0 Å². The number of anilines is 1. The Bertz CT molecular complexity index is 442. The average Bonchev–Trinajstić information content (AvgIpc) is 2.38. The van der Waals surface area contributed by atoms with Crippen molar-refractivity contribution < 1.29 is 9.53 Å². The van der Waals surface area contributed by atoms with Crippen LogP contribution in [-0.4, -0.2) is 43.7 Å². The van der Waals surface area contributed by atoms with Gasteiger partial charge in [-0.05, 0) is 31.9 Å². The van der Waals surface area contributed by atoms with Crippen molar-refractivity contribution in [3.63, 3.8) is 0 Å². The van der Waals surface area contributed by atoms with Crippen molar-refractivity contribution in [1.29, 1.82) is 0 Å². The van der Waals surface area contributed by atoms with E-state index in [9.17, 15) is 4.79 Å². The zero-order valence-corrected chi connectivity index (χ0v) is 12.0. The fourth-order valence-electron chi connectivity index (χ4n) is 2.55. The molecule has 1 aromatic carbocycles. The number of benzene rings is 1. The van der Waals surface area contributed by atoms with E-state index in [0.29, 0.717) is 32.8 Å². The van der Waals surface area contributed by atoms with Crippen molar-refractivity contribution >= 4 is 11.6 Å². The average molecular weight is 262 g/mol. The van der Waals surface area contributed by atoms with Crippen molar-refractivity contribution in [3.05, 3.63) is 28.8 Å². The largest absolute Gasteiger partial charge is 0.378 e. The monoisotopic (exact) mass is 262 g/mol. The van der Waals surface area contributed by atoms with Crippen LogP contribution in [0.25, 0.3) is 0 Å². The second-order valence-corrected chi connectivity index (χ2v) is 5.12. The molecule has 104 valence electrons. The van der Waals surface area contributed by atoms with Crippen molar-refractivity contribution in [2.75, 3.05) is 38.2 Å². The van der Waals surface area contributed by atoms with E-state index in [1.807, 2.05) is 4.90 Å². The lowest BCUT2D eigenvalue weighted by Gasteiger charge is -2.27. The van der Waals surface area contributed by atoms with Gasteiger partial charge in [-0.15, -0.1) is 0 Å². The standard InChI is InChI=1S/C15H22N2O2/c1-11-8-12(2)15(13(3)9-11)16-10-14(18)17-4-6-19-7-5-17/h8-9,16H,4-7,10H2,1-3H3. The SMILES string of the molecule is Cc1cc(C)c(NCC(=O)N2CCOCC2)c(C)c1. The van der Waals surface area contributed by atoms with Gasteiger partial charge in [-0.2, -0.15) is 0 Å². The summed E-state index contributed by atoms with van der Waals surface area (Å²) in [5.74, 6) is 0.141. The molecule has 2 rings (SSSR count). The Labute approximate surface area is 114 Å². The van der Waals surface area contributed by atoms with Crippen LogP contribution in [0.15, 0.2) is 12.1 Å². The Kier molecular flexibility index (Phi) is 4.43. The van der Waals surface area contributed by atoms with Crippen LogP contribution in [0.3, 0.4) is 0 Å². The number of carbonyl (C=O) groups excluding carboxylic acids is 1. The maximum Gasteiger partial charge on any atom is 0.242 e. The van der Waals surface area contributed by atoms with Gasteiger partial charge >= 0.3 is 0 Å². The van der Waals surface area contributed by atoms with Crippen LogP contribution in [0, 0.1) is 20.8 Å². The van der Waals surface area contributed by atoms with Crippen LogP contribution in [0.4, 0.5) is 5.69 Å². The number of hydrogen-bond acceptors (Lipinski definition) is 3. The topological polar surface area (TPSA) is 41.6 Å². The third-order valence-corrected chi connectivity index (χ3v) is 3.46. The highest BCUT2D eigenvalue weighted by Crippen LogP contribution is 2.21. The van der Waals surface area contributed by atoms with Crippen LogP contribution < -0.4 is 5.32 Å². The van der Waals surface area contributed by atoms with E-state index in [0.717, 1.165) is 5.69 Å². The Balaban J connectivity index is 1.96. The van der Waals surface area contributed by atoms with E-state index >= 15 is 0 Å². The number of carbonyl (C=O) groups is 1. The number of ether oxygens (including phenoxy) is 1. The first kappa shape index (κ1) is 13.9. The summed E-state index contributed by atoms with van der Waals surface area (Å²) in [6.07, 6.45) is 0. The van der Waals surface area contributed by atoms with E-state index in [1.165, 1.54) is 16.7 Å². The van der Waals surface area contributed by atoms with Crippen molar-refractivity contribution in [3.8, 4) is 0 Å². The molecule has 0 aliphatic carbocycles. The van der Waals surface area contributed by atoms with Gasteiger partial charge in [0.2, 0.25) is 5.91 Å². The predicted molar refractivity (Wildman–Crippen MR) is 76.5 cm³/mol. The van der Waals surface area contributed by atoms with Gasteiger partial charge in [0.1, 0.15) is 0 Å².